The lowest BCUT2D eigenvalue weighted by atomic mass is 9.96. The minimum atomic E-state index is 0.709. The van der Waals surface area contributed by atoms with E-state index in [1.165, 1.54) is 58.0 Å². The van der Waals surface area contributed by atoms with Crippen LogP contribution in [0.4, 0.5) is 0 Å². The van der Waals surface area contributed by atoms with Gasteiger partial charge in [-0.15, -0.1) is 0 Å². The van der Waals surface area contributed by atoms with Gasteiger partial charge in [-0.25, -0.2) is 0 Å². The summed E-state index contributed by atoms with van der Waals surface area (Å²) in [4.78, 5) is 2.70. The Bertz CT molecular complexity index is 201. The Balaban J connectivity index is 1.82. The Labute approximate surface area is 101 Å². The van der Waals surface area contributed by atoms with Crippen molar-refractivity contribution in [3.8, 4) is 0 Å². The van der Waals surface area contributed by atoms with E-state index in [1.54, 1.807) is 0 Å². The summed E-state index contributed by atoms with van der Waals surface area (Å²) in [7, 11) is 0. The highest BCUT2D eigenvalue weighted by Gasteiger charge is 2.34. The molecule has 0 bridgehead atoms. The molecule has 0 spiro atoms. The predicted octanol–water partition coefficient (Wildman–Crippen LogP) is 2.63. The molecule has 2 fully saturated rings. The molecule has 1 aliphatic heterocycles. The Morgan fingerprint density at radius 2 is 2.00 bits per heavy atom. The van der Waals surface area contributed by atoms with Crippen molar-refractivity contribution in [2.75, 3.05) is 19.6 Å². The average Bonchev–Trinajstić information content (AvgIpc) is 3.09. The molecule has 2 unspecified atom stereocenters. The number of hydrogen-bond acceptors (Lipinski definition) is 2. The van der Waals surface area contributed by atoms with Gasteiger partial charge in [-0.05, 0) is 57.0 Å². The molecule has 1 saturated carbocycles. The summed E-state index contributed by atoms with van der Waals surface area (Å²) in [5, 5.41) is 0. The standard InChI is InChI=1S/C14H28N2/c1-2-4-12-5-3-9-16(10-8-12)14(11-15)13-6-7-13/h12-14H,2-11,15H2,1H3. The van der Waals surface area contributed by atoms with Crippen LogP contribution < -0.4 is 5.73 Å². The molecule has 2 rings (SSSR count). The SMILES string of the molecule is CCCC1CCCN(C(CN)C2CC2)CC1. The van der Waals surface area contributed by atoms with Gasteiger partial charge in [-0.3, -0.25) is 4.90 Å². The van der Waals surface area contributed by atoms with Gasteiger partial charge in [0.2, 0.25) is 0 Å². The first-order valence-electron chi connectivity index (χ1n) is 7.29. The second-order valence-electron chi connectivity index (χ2n) is 5.76. The third-order valence-electron chi connectivity index (χ3n) is 4.46. The molecule has 94 valence electrons. The van der Waals surface area contributed by atoms with E-state index in [4.69, 9.17) is 5.73 Å². The zero-order chi connectivity index (χ0) is 11.4. The molecule has 0 aromatic carbocycles. The van der Waals surface area contributed by atoms with Crippen LogP contribution in [0.3, 0.4) is 0 Å². The van der Waals surface area contributed by atoms with Crippen molar-refractivity contribution in [3.63, 3.8) is 0 Å². The van der Waals surface area contributed by atoms with Gasteiger partial charge in [0, 0.05) is 12.6 Å². The lowest BCUT2D eigenvalue weighted by Gasteiger charge is -2.29. The van der Waals surface area contributed by atoms with Crippen LogP contribution >= 0.6 is 0 Å². The molecule has 0 aromatic rings. The van der Waals surface area contributed by atoms with Gasteiger partial charge < -0.3 is 5.73 Å². The highest BCUT2D eigenvalue weighted by atomic mass is 15.2. The van der Waals surface area contributed by atoms with E-state index >= 15 is 0 Å². The number of likely N-dealkylation sites (tertiary alicyclic amines) is 1. The zero-order valence-corrected chi connectivity index (χ0v) is 10.8. The minimum Gasteiger partial charge on any atom is -0.329 e. The number of hydrogen-bond donors (Lipinski definition) is 1. The van der Waals surface area contributed by atoms with Crippen molar-refractivity contribution < 1.29 is 0 Å². The van der Waals surface area contributed by atoms with Gasteiger partial charge in [-0.1, -0.05) is 19.8 Å². The van der Waals surface area contributed by atoms with Crippen molar-refractivity contribution in [1.82, 2.24) is 4.90 Å². The van der Waals surface area contributed by atoms with E-state index in [1.807, 2.05) is 0 Å². The molecule has 2 aliphatic rings. The van der Waals surface area contributed by atoms with Gasteiger partial charge in [-0.2, -0.15) is 0 Å². The zero-order valence-electron chi connectivity index (χ0n) is 10.8. The van der Waals surface area contributed by atoms with E-state index in [0.717, 1.165) is 18.4 Å². The fourth-order valence-electron chi connectivity index (χ4n) is 3.34. The number of nitrogens with two attached hydrogens (primary N) is 1. The maximum atomic E-state index is 5.95. The third kappa shape index (κ3) is 3.21. The Kier molecular flexibility index (Phi) is 4.66. The first kappa shape index (κ1) is 12.4. The van der Waals surface area contributed by atoms with Crippen molar-refractivity contribution in [3.05, 3.63) is 0 Å². The van der Waals surface area contributed by atoms with Crippen molar-refractivity contribution in [2.45, 2.75) is 57.9 Å². The quantitative estimate of drug-likeness (QED) is 0.778. The van der Waals surface area contributed by atoms with Crippen LogP contribution in [0.25, 0.3) is 0 Å². The summed E-state index contributed by atoms with van der Waals surface area (Å²) in [6.45, 7) is 5.81. The second kappa shape index (κ2) is 6.02. The average molecular weight is 224 g/mol. The van der Waals surface area contributed by atoms with Gasteiger partial charge >= 0.3 is 0 Å². The molecule has 0 aromatic heterocycles. The van der Waals surface area contributed by atoms with E-state index in [-0.39, 0.29) is 0 Å². The van der Waals surface area contributed by atoms with Crippen LogP contribution in [-0.2, 0) is 0 Å². The van der Waals surface area contributed by atoms with E-state index in [9.17, 15) is 0 Å². The van der Waals surface area contributed by atoms with Gasteiger partial charge in [0.05, 0.1) is 0 Å². The predicted molar refractivity (Wildman–Crippen MR) is 69.4 cm³/mol. The summed E-state index contributed by atoms with van der Waals surface area (Å²) in [5.74, 6) is 1.93. The molecule has 2 N–H and O–H groups in total. The molecular formula is C14H28N2. The Morgan fingerprint density at radius 1 is 1.19 bits per heavy atom. The molecule has 2 atom stereocenters. The highest BCUT2D eigenvalue weighted by Crippen LogP contribution is 2.36. The maximum Gasteiger partial charge on any atom is 0.0246 e. The molecule has 1 aliphatic carbocycles. The summed E-state index contributed by atoms with van der Waals surface area (Å²) >= 11 is 0. The molecule has 2 heteroatoms. The van der Waals surface area contributed by atoms with Crippen molar-refractivity contribution in [2.24, 2.45) is 17.6 Å². The molecular weight excluding hydrogens is 196 g/mol. The van der Waals surface area contributed by atoms with E-state index in [0.29, 0.717) is 6.04 Å². The third-order valence-corrected chi connectivity index (χ3v) is 4.46. The number of nitrogens with zero attached hydrogens (tertiary/aromatic N) is 1. The topological polar surface area (TPSA) is 29.3 Å². The van der Waals surface area contributed by atoms with Crippen LogP contribution in [-0.4, -0.2) is 30.6 Å². The maximum absolute atomic E-state index is 5.95. The molecule has 1 heterocycles. The van der Waals surface area contributed by atoms with Crippen molar-refractivity contribution >= 4 is 0 Å². The summed E-state index contributed by atoms with van der Waals surface area (Å²) in [5.41, 5.74) is 5.95. The van der Waals surface area contributed by atoms with Gasteiger partial charge in [0.25, 0.3) is 0 Å². The van der Waals surface area contributed by atoms with Crippen LogP contribution in [0.15, 0.2) is 0 Å². The highest BCUT2D eigenvalue weighted by molar-refractivity contribution is 4.89. The van der Waals surface area contributed by atoms with Crippen LogP contribution in [0.5, 0.6) is 0 Å². The van der Waals surface area contributed by atoms with Gasteiger partial charge in [0.1, 0.15) is 0 Å². The fraction of sp³-hybridized carbons (Fsp3) is 1.00. The minimum absolute atomic E-state index is 0.709. The molecule has 2 nitrogen and oxygen atoms in total. The fourth-order valence-corrected chi connectivity index (χ4v) is 3.34. The van der Waals surface area contributed by atoms with E-state index in [2.05, 4.69) is 11.8 Å². The van der Waals surface area contributed by atoms with Crippen LogP contribution in [0.2, 0.25) is 0 Å². The lowest BCUT2D eigenvalue weighted by Crippen LogP contribution is -2.42. The summed E-state index contributed by atoms with van der Waals surface area (Å²) in [6, 6.07) is 0.709. The second-order valence-corrected chi connectivity index (χ2v) is 5.76. The first-order valence-corrected chi connectivity index (χ1v) is 7.29. The summed E-state index contributed by atoms with van der Waals surface area (Å²) < 4.78 is 0. The molecule has 1 saturated heterocycles. The molecule has 0 amide bonds. The van der Waals surface area contributed by atoms with Crippen molar-refractivity contribution in [1.29, 1.82) is 0 Å². The molecule has 0 radical (unpaired) electrons. The van der Waals surface area contributed by atoms with Gasteiger partial charge in [0.15, 0.2) is 0 Å². The smallest absolute Gasteiger partial charge is 0.0246 e. The van der Waals surface area contributed by atoms with E-state index < -0.39 is 0 Å². The van der Waals surface area contributed by atoms with Crippen LogP contribution in [0, 0.1) is 11.8 Å². The first-order chi connectivity index (χ1) is 7.85. The Morgan fingerprint density at radius 3 is 2.62 bits per heavy atom. The lowest BCUT2D eigenvalue weighted by molar-refractivity contribution is 0.185. The molecule has 16 heavy (non-hydrogen) atoms. The van der Waals surface area contributed by atoms with Crippen LogP contribution in [0.1, 0.15) is 51.9 Å². The number of rotatable bonds is 5. The largest absolute Gasteiger partial charge is 0.329 e. The Hall–Kier alpha value is -0.0800. The normalized spacial score (nSPS) is 30.0. The summed E-state index contributed by atoms with van der Waals surface area (Å²) in [6.07, 6.45) is 9.91. The monoisotopic (exact) mass is 224 g/mol.